The van der Waals surface area contributed by atoms with Crippen LogP contribution in [-0.2, 0) is 0 Å². The van der Waals surface area contributed by atoms with Crippen molar-refractivity contribution in [3.8, 4) is 0 Å². The van der Waals surface area contributed by atoms with E-state index in [1.165, 1.54) is 12.8 Å². The van der Waals surface area contributed by atoms with Crippen LogP contribution in [0.15, 0.2) is 42.4 Å². The lowest BCUT2D eigenvalue weighted by atomic mass is 10.1. The summed E-state index contributed by atoms with van der Waals surface area (Å²) in [5.41, 5.74) is 3.91. The second kappa shape index (κ2) is 6.83. The number of aromatic nitrogens is 3. The van der Waals surface area contributed by atoms with E-state index in [1.807, 2.05) is 38.6 Å². The van der Waals surface area contributed by atoms with Gasteiger partial charge in [0.2, 0.25) is 0 Å². The van der Waals surface area contributed by atoms with Crippen LogP contribution < -0.4 is 15.5 Å². The zero-order valence-corrected chi connectivity index (χ0v) is 13.8. The molecule has 0 radical (unpaired) electrons. The third kappa shape index (κ3) is 3.37. The molecule has 1 aliphatic heterocycles. The second-order valence-electron chi connectivity index (χ2n) is 5.93. The fourth-order valence-corrected chi connectivity index (χ4v) is 2.76. The number of nitrogens with one attached hydrogen (secondary N) is 2. The lowest BCUT2D eigenvalue weighted by Crippen LogP contribution is -2.19. The molecule has 0 amide bonds. The van der Waals surface area contributed by atoms with Crippen molar-refractivity contribution in [2.24, 2.45) is 0 Å². The van der Waals surface area contributed by atoms with E-state index in [9.17, 15) is 0 Å². The van der Waals surface area contributed by atoms with Gasteiger partial charge in [0.15, 0.2) is 5.65 Å². The summed E-state index contributed by atoms with van der Waals surface area (Å²) < 4.78 is 1.80. The maximum absolute atomic E-state index is 4.78. The van der Waals surface area contributed by atoms with Gasteiger partial charge in [-0.2, -0.15) is 5.10 Å². The summed E-state index contributed by atoms with van der Waals surface area (Å²) in [6, 6.07) is 2.03. The Morgan fingerprint density at radius 1 is 1.39 bits per heavy atom. The van der Waals surface area contributed by atoms with Gasteiger partial charge in [0, 0.05) is 32.0 Å². The summed E-state index contributed by atoms with van der Waals surface area (Å²) in [5, 5.41) is 10.8. The first-order chi connectivity index (χ1) is 11.2. The van der Waals surface area contributed by atoms with Crippen molar-refractivity contribution in [2.45, 2.75) is 19.8 Å². The van der Waals surface area contributed by atoms with Gasteiger partial charge in [0.1, 0.15) is 11.5 Å². The molecule has 0 aromatic carbocycles. The van der Waals surface area contributed by atoms with Crippen molar-refractivity contribution in [3.63, 3.8) is 0 Å². The molecule has 3 heterocycles. The van der Waals surface area contributed by atoms with Crippen LogP contribution >= 0.6 is 0 Å². The van der Waals surface area contributed by atoms with Gasteiger partial charge in [-0.25, -0.2) is 9.50 Å². The van der Waals surface area contributed by atoms with E-state index in [0.29, 0.717) is 0 Å². The van der Waals surface area contributed by atoms with Crippen molar-refractivity contribution >= 4 is 17.2 Å². The minimum atomic E-state index is 0.772. The number of likely N-dealkylation sites (N-methyl/N-ethyl adjacent to an activating group) is 1. The lowest BCUT2D eigenvalue weighted by Gasteiger charge is -2.16. The van der Waals surface area contributed by atoms with Crippen LogP contribution in [0.5, 0.6) is 0 Å². The van der Waals surface area contributed by atoms with Crippen molar-refractivity contribution < 1.29 is 0 Å². The SMILES string of the molecule is C=C(C)/C(=C/Nc1cnn2ccc(N3CCCC3)nc12)CNC. The summed E-state index contributed by atoms with van der Waals surface area (Å²) in [6.07, 6.45) is 8.23. The number of fused-ring (bicyclic) bond motifs is 1. The molecule has 122 valence electrons. The van der Waals surface area contributed by atoms with E-state index in [2.05, 4.69) is 27.2 Å². The molecule has 0 spiro atoms. The highest BCUT2D eigenvalue weighted by Gasteiger charge is 2.15. The molecule has 2 N–H and O–H groups in total. The number of anilines is 2. The van der Waals surface area contributed by atoms with E-state index in [-0.39, 0.29) is 0 Å². The average molecular weight is 312 g/mol. The number of rotatable bonds is 6. The van der Waals surface area contributed by atoms with E-state index >= 15 is 0 Å². The van der Waals surface area contributed by atoms with Crippen LogP contribution in [0.2, 0.25) is 0 Å². The van der Waals surface area contributed by atoms with Crippen LogP contribution in [0.4, 0.5) is 11.5 Å². The Labute approximate surface area is 136 Å². The predicted octanol–water partition coefficient (Wildman–Crippen LogP) is 2.42. The molecule has 0 aliphatic carbocycles. The molecular formula is C17H24N6. The van der Waals surface area contributed by atoms with Crippen LogP contribution in [0, 0.1) is 0 Å². The van der Waals surface area contributed by atoms with Crippen LogP contribution in [-0.4, -0.2) is 41.3 Å². The molecule has 1 fully saturated rings. The summed E-state index contributed by atoms with van der Waals surface area (Å²) in [6.45, 7) is 8.96. The Morgan fingerprint density at radius 2 is 2.17 bits per heavy atom. The number of hydrogen-bond acceptors (Lipinski definition) is 5. The van der Waals surface area contributed by atoms with Crippen molar-refractivity contribution in [1.82, 2.24) is 19.9 Å². The Kier molecular flexibility index (Phi) is 4.62. The molecule has 0 saturated carbocycles. The van der Waals surface area contributed by atoms with Gasteiger partial charge in [-0.3, -0.25) is 0 Å². The van der Waals surface area contributed by atoms with Crippen molar-refractivity contribution in [3.05, 3.63) is 42.4 Å². The maximum Gasteiger partial charge on any atom is 0.180 e. The Bertz CT molecular complexity index is 724. The standard InChI is InChI=1S/C17H24N6/c1-13(2)14(10-18-3)11-19-15-12-20-23-9-6-16(21-17(15)23)22-7-4-5-8-22/h6,9,11-12,18-19H,1,4-5,7-8,10H2,2-3H3/b14-11+. The van der Waals surface area contributed by atoms with E-state index in [1.54, 1.807) is 4.52 Å². The summed E-state index contributed by atoms with van der Waals surface area (Å²) in [4.78, 5) is 7.11. The highest BCUT2D eigenvalue weighted by atomic mass is 15.3. The second-order valence-corrected chi connectivity index (χ2v) is 5.93. The summed E-state index contributed by atoms with van der Waals surface area (Å²) in [5.74, 6) is 1.03. The largest absolute Gasteiger partial charge is 0.357 e. The molecule has 0 bridgehead atoms. The zero-order chi connectivity index (χ0) is 16.2. The predicted molar refractivity (Wildman–Crippen MR) is 94.9 cm³/mol. The zero-order valence-electron chi connectivity index (χ0n) is 13.8. The molecule has 0 atom stereocenters. The first-order valence-corrected chi connectivity index (χ1v) is 8.04. The third-order valence-corrected chi connectivity index (χ3v) is 4.10. The van der Waals surface area contributed by atoms with E-state index < -0.39 is 0 Å². The summed E-state index contributed by atoms with van der Waals surface area (Å²) in [7, 11) is 1.93. The number of hydrogen-bond donors (Lipinski definition) is 2. The third-order valence-electron chi connectivity index (χ3n) is 4.10. The molecule has 6 heteroatoms. The smallest absolute Gasteiger partial charge is 0.180 e. The topological polar surface area (TPSA) is 57.5 Å². The normalized spacial score (nSPS) is 15.4. The quantitative estimate of drug-likeness (QED) is 0.802. The van der Waals surface area contributed by atoms with Gasteiger partial charge in [-0.15, -0.1) is 0 Å². The molecule has 2 aromatic rings. The van der Waals surface area contributed by atoms with Crippen LogP contribution in [0.3, 0.4) is 0 Å². The highest BCUT2D eigenvalue weighted by molar-refractivity contribution is 5.69. The molecule has 23 heavy (non-hydrogen) atoms. The number of nitrogens with zero attached hydrogens (tertiary/aromatic N) is 4. The summed E-state index contributed by atoms with van der Waals surface area (Å²) >= 11 is 0. The lowest BCUT2D eigenvalue weighted by molar-refractivity contribution is 0.884. The fraction of sp³-hybridized carbons (Fsp3) is 0.412. The van der Waals surface area contributed by atoms with Gasteiger partial charge < -0.3 is 15.5 Å². The molecule has 2 aromatic heterocycles. The first kappa shape index (κ1) is 15.6. The Hall–Kier alpha value is -2.34. The average Bonchev–Trinajstić information content (AvgIpc) is 3.20. The molecular weight excluding hydrogens is 288 g/mol. The van der Waals surface area contributed by atoms with Gasteiger partial charge in [-0.1, -0.05) is 12.2 Å². The van der Waals surface area contributed by atoms with Gasteiger partial charge in [0.25, 0.3) is 0 Å². The first-order valence-electron chi connectivity index (χ1n) is 8.04. The Morgan fingerprint density at radius 3 is 2.87 bits per heavy atom. The minimum Gasteiger partial charge on any atom is -0.357 e. The van der Waals surface area contributed by atoms with Crippen molar-refractivity contribution in [2.75, 3.05) is 36.9 Å². The van der Waals surface area contributed by atoms with Crippen LogP contribution in [0.25, 0.3) is 5.65 Å². The molecule has 3 rings (SSSR count). The Balaban J connectivity index is 1.87. The monoisotopic (exact) mass is 312 g/mol. The van der Waals surface area contributed by atoms with E-state index in [0.717, 1.165) is 47.9 Å². The highest BCUT2D eigenvalue weighted by Crippen LogP contribution is 2.22. The maximum atomic E-state index is 4.78. The van der Waals surface area contributed by atoms with Gasteiger partial charge >= 0.3 is 0 Å². The fourth-order valence-electron chi connectivity index (χ4n) is 2.76. The van der Waals surface area contributed by atoms with E-state index in [4.69, 9.17) is 4.98 Å². The van der Waals surface area contributed by atoms with Gasteiger partial charge in [0.05, 0.1) is 6.20 Å². The van der Waals surface area contributed by atoms with Gasteiger partial charge in [-0.05, 0) is 38.5 Å². The molecule has 0 unspecified atom stereocenters. The van der Waals surface area contributed by atoms with Crippen LogP contribution in [0.1, 0.15) is 19.8 Å². The molecule has 1 saturated heterocycles. The van der Waals surface area contributed by atoms with Crippen molar-refractivity contribution in [1.29, 1.82) is 0 Å². The molecule has 1 aliphatic rings. The minimum absolute atomic E-state index is 0.772. The molecule has 6 nitrogen and oxygen atoms in total.